The summed E-state index contributed by atoms with van der Waals surface area (Å²) >= 11 is 0. The maximum absolute atomic E-state index is 12.4. The van der Waals surface area contributed by atoms with Crippen molar-refractivity contribution in [2.75, 3.05) is 26.7 Å². The van der Waals surface area contributed by atoms with E-state index in [-0.39, 0.29) is 11.9 Å². The van der Waals surface area contributed by atoms with Crippen LogP contribution < -0.4 is 15.4 Å². The second-order valence-electron chi connectivity index (χ2n) is 8.33. The molecule has 1 saturated carbocycles. The molecule has 3 rings (SSSR count). The third-order valence-corrected chi connectivity index (χ3v) is 6.22. The average molecular weight is 402 g/mol. The Hall–Kier alpha value is -2.24. The van der Waals surface area contributed by atoms with Gasteiger partial charge in [0.1, 0.15) is 5.75 Å². The zero-order chi connectivity index (χ0) is 20.5. The van der Waals surface area contributed by atoms with Crippen molar-refractivity contribution in [3.8, 4) is 5.75 Å². The summed E-state index contributed by atoms with van der Waals surface area (Å²) in [7, 11) is 1.67. The molecule has 1 aromatic rings. The highest BCUT2D eigenvalue weighted by atomic mass is 16.5. The van der Waals surface area contributed by atoms with Gasteiger partial charge in [-0.1, -0.05) is 37.5 Å². The van der Waals surface area contributed by atoms with Crippen molar-refractivity contribution >= 4 is 11.9 Å². The number of ether oxygens (including phenoxy) is 1. The van der Waals surface area contributed by atoms with Gasteiger partial charge in [-0.2, -0.15) is 0 Å². The van der Waals surface area contributed by atoms with Crippen molar-refractivity contribution in [1.82, 2.24) is 15.5 Å². The topological polar surface area (TPSA) is 70.7 Å². The van der Waals surface area contributed by atoms with Gasteiger partial charge < -0.3 is 20.3 Å². The number of benzene rings is 1. The summed E-state index contributed by atoms with van der Waals surface area (Å²) in [5, 5.41) is 6.22. The Morgan fingerprint density at radius 3 is 2.52 bits per heavy atom. The van der Waals surface area contributed by atoms with E-state index in [0.717, 1.165) is 56.5 Å². The molecule has 0 atom stereocenters. The molecule has 0 spiro atoms. The van der Waals surface area contributed by atoms with Crippen LogP contribution in [-0.4, -0.2) is 49.6 Å². The summed E-state index contributed by atoms with van der Waals surface area (Å²) in [6, 6.07) is 8.33. The number of likely N-dealkylation sites (tertiary alicyclic amines) is 1. The van der Waals surface area contributed by atoms with Crippen LogP contribution in [0.2, 0.25) is 0 Å². The number of nitrogens with zero attached hydrogens (tertiary/aromatic N) is 1. The summed E-state index contributed by atoms with van der Waals surface area (Å²) in [6.45, 7) is 2.11. The lowest BCUT2D eigenvalue weighted by Gasteiger charge is -2.33. The highest BCUT2D eigenvalue weighted by molar-refractivity contribution is 5.76. The van der Waals surface area contributed by atoms with Crippen LogP contribution in [0.25, 0.3) is 0 Å². The van der Waals surface area contributed by atoms with Crippen LogP contribution in [0, 0.1) is 5.92 Å². The van der Waals surface area contributed by atoms with Crippen LogP contribution in [0.3, 0.4) is 0 Å². The van der Waals surface area contributed by atoms with Crippen molar-refractivity contribution in [2.24, 2.45) is 5.92 Å². The number of para-hydroxylation sites is 1. The average Bonchev–Trinajstić information content (AvgIpc) is 2.75. The number of rotatable bonds is 7. The molecule has 0 unspecified atom stereocenters. The monoisotopic (exact) mass is 401 g/mol. The van der Waals surface area contributed by atoms with Gasteiger partial charge in [-0.15, -0.1) is 0 Å². The quantitative estimate of drug-likeness (QED) is 0.735. The van der Waals surface area contributed by atoms with Gasteiger partial charge in [-0.05, 0) is 49.7 Å². The standard InChI is InChI=1S/C23H35N3O3/c1-29-21-10-6-5-7-19(21)11-14-24-22(27)17-18-12-15-26(16-13-18)23(28)25-20-8-3-2-4-9-20/h5-7,10,18,20H,2-4,8-9,11-17H2,1H3,(H,24,27)(H,25,28). The fourth-order valence-electron chi connectivity index (χ4n) is 4.43. The summed E-state index contributed by atoms with van der Waals surface area (Å²) in [5.74, 6) is 1.32. The van der Waals surface area contributed by atoms with Gasteiger partial charge in [0.15, 0.2) is 0 Å². The summed E-state index contributed by atoms with van der Waals surface area (Å²) in [6.07, 6.45) is 9.06. The van der Waals surface area contributed by atoms with Gasteiger partial charge in [0, 0.05) is 32.1 Å². The molecule has 1 saturated heterocycles. The Bertz CT molecular complexity index is 665. The molecule has 2 N–H and O–H groups in total. The maximum atomic E-state index is 12.4. The van der Waals surface area contributed by atoms with E-state index >= 15 is 0 Å². The third kappa shape index (κ3) is 6.65. The SMILES string of the molecule is COc1ccccc1CCNC(=O)CC1CCN(C(=O)NC2CCCCC2)CC1. The molecule has 6 heteroatoms. The number of hydrogen-bond donors (Lipinski definition) is 2. The first-order chi connectivity index (χ1) is 14.2. The van der Waals surface area contributed by atoms with Crippen LogP contribution in [-0.2, 0) is 11.2 Å². The predicted octanol–water partition coefficient (Wildman–Crippen LogP) is 3.50. The molecule has 1 aliphatic heterocycles. The Morgan fingerprint density at radius 2 is 1.79 bits per heavy atom. The Morgan fingerprint density at radius 1 is 1.07 bits per heavy atom. The zero-order valence-electron chi connectivity index (χ0n) is 17.6. The lowest BCUT2D eigenvalue weighted by atomic mass is 9.93. The number of carbonyl (C=O) groups is 2. The van der Waals surface area contributed by atoms with E-state index in [1.807, 2.05) is 29.2 Å². The minimum atomic E-state index is 0.0802. The largest absolute Gasteiger partial charge is 0.496 e. The maximum Gasteiger partial charge on any atom is 0.317 e. The summed E-state index contributed by atoms with van der Waals surface area (Å²) in [5.41, 5.74) is 1.10. The van der Waals surface area contributed by atoms with Gasteiger partial charge in [-0.25, -0.2) is 4.79 Å². The fraction of sp³-hybridized carbons (Fsp3) is 0.652. The first-order valence-corrected chi connectivity index (χ1v) is 11.1. The van der Waals surface area contributed by atoms with Crippen molar-refractivity contribution in [3.63, 3.8) is 0 Å². The van der Waals surface area contributed by atoms with Crippen molar-refractivity contribution in [1.29, 1.82) is 0 Å². The minimum Gasteiger partial charge on any atom is -0.496 e. The van der Waals surface area contributed by atoms with Crippen LogP contribution in [0.4, 0.5) is 4.79 Å². The van der Waals surface area contributed by atoms with E-state index in [9.17, 15) is 9.59 Å². The third-order valence-electron chi connectivity index (χ3n) is 6.22. The Labute approximate surface area is 174 Å². The zero-order valence-corrected chi connectivity index (χ0v) is 17.6. The molecular formula is C23H35N3O3. The Kier molecular flexibility index (Phi) is 8.20. The number of urea groups is 1. The number of amides is 3. The lowest BCUT2D eigenvalue weighted by Crippen LogP contribution is -2.48. The molecule has 160 valence electrons. The molecule has 1 heterocycles. The summed E-state index contributed by atoms with van der Waals surface area (Å²) < 4.78 is 5.35. The first kappa shape index (κ1) is 21.5. The normalized spacial score (nSPS) is 18.3. The minimum absolute atomic E-state index is 0.0802. The number of carbonyl (C=O) groups excluding carboxylic acids is 2. The van der Waals surface area contributed by atoms with Gasteiger partial charge in [0.05, 0.1) is 7.11 Å². The molecule has 1 aromatic carbocycles. The molecule has 6 nitrogen and oxygen atoms in total. The smallest absolute Gasteiger partial charge is 0.317 e. The number of methoxy groups -OCH3 is 1. The lowest BCUT2D eigenvalue weighted by molar-refractivity contribution is -0.122. The van der Waals surface area contributed by atoms with Gasteiger partial charge >= 0.3 is 6.03 Å². The highest BCUT2D eigenvalue weighted by Crippen LogP contribution is 2.22. The second kappa shape index (κ2) is 11.1. The number of hydrogen-bond acceptors (Lipinski definition) is 3. The number of piperidine rings is 1. The first-order valence-electron chi connectivity index (χ1n) is 11.1. The van der Waals surface area contributed by atoms with Gasteiger partial charge in [-0.3, -0.25) is 4.79 Å². The molecular weight excluding hydrogens is 366 g/mol. The van der Waals surface area contributed by atoms with E-state index in [2.05, 4.69) is 10.6 Å². The second-order valence-corrected chi connectivity index (χ2v) is 8.33. The van der Waals surface area contributed by atoms with Crippen molar-refractivity contribution in [2.45, 2.75) is 63.8 Å². The number of nitrogens with one attached hydrogen (secondary N) is 2. The van der Waals surface area contributed by atoms with E-state index in [4.69, 9.17) is 4.74 Å². The van der Waals surface area contributed by atoms with E-state index in [1.54, 1.807) is 7.11 Å². The molecule has 2 fully saturated rings. The molecule has 0 aromatic heterocycles. The van der Waals surface area contributed by atoms with Crippen LogP contribution in [0.15, 0.2) is 24.3 Å². The fourth-order valence-corrected chi connectivity index (χ4v) is 4.43. The van der Waals surface area contributed by atoms with Crippen molar-refractivity contribution < 1.29 is 14.3 Å². The van der Waals surface area contributed by atoms with Crippen molar-refractivity contribution in [3.05, 3.63) is 29.8 Å². The molecule has 0 bridgehead atoms. The van der Waals surface area contributed by atoms with Gasteiger partial charge in [0.2, 0.25) is 5.91 Å². The molecule has 2 aliphatic rings. The highest BCUT2D eigenvalue weighted by Gasteiger charge is 2.26. The van der Waals surface area contributed by atoms with E-state index in [1.165, 1.54) is 19.3 Å². The molecule has 1 aliphatic carbocycles. The molecule has 3 amide bonds. The van der Waals surface area contributed by atoms with Gasteiger partial charge in [0.25, 0.3) is 0 Å². The van der Waals surface area contributed by atoms with E-state index < -0.39 is 0 Å². The van der Waals surface area contributed by atoms with E-state index in [0.29, 0.717) is 24.9 Å². The van der Waals surface area contributed by atoms with Crippen LogP contribution in [0.5, 0.6) is 5.75 Å². The summed E-state index contributed by atoms with van der Waals surface area (Å²) in [4.78, 5) is 26.7. The predicted molar refractivity (Wildman–Crippen MR) is 114 cm³/mol. The molecule has 0 radical (unpaired) electrons. The Balaban J connectivity index is 1.32. The van der Waals surface area contributed by atoms with Crippen LogP contribution >= 0.6 is 0 Å². The molecule has 29 heavy (non-hydrogen) atoms. The van der Waals surface area contributed by atoms with Crippen LogP contribution in [0.1, 0.15) is 56.9 Å².